The fraction of sp³-hybridized carbons (Fsp3) is 0.429. The number of imidazole rings is 1. The lowest BCUT2D eigenvalue weighted by atomic mass is 10.2. The van der Waals surface area contributed by atoms with Crippen LogP contribution in [-0.2, 0) is 6.54 Å². The summed E-state index contributed by atoms with van der Waals surface area (Å²) in [5, 5.41) is 0. The van der Waals surface area contributed by atoms with E-state index in [1.807, 2.05) is 19.1 Å². The van der Waals surface area contributed by atoms with E-state index in [9.17, 15) is 0 Å². The zero-order chi connectivity index (χ0) is 13.7. The molecular formula is C14H20N4O. The van der Waals surface area contributed by atoms with E-state index in [1.54, 1.807) is 13.3 Å². The van der Waals surface area contributed by atoms with Gasteiger partial charge in [-0.15, -0.1) is 0 Å². The zero-order valence-corrected chi connectivity index (χ0v) is 11.5. The Kier molecular flexibility index (Phi) is 4.52. The zero-order valence-electron chi connectivity index (χ0n) is 11.5. The molecule has 2 N–H and O–H groups in total. The van der Waals surface area contributed by atoms with Crippen molar-refractivity contribution in [2.75, 3.05) is 13.7 Å². The number of nitrogens with zero attached hydrogens (tertiary/aromatic N) is 3. The highest BCUT2D eigenvalue weighted by Crippen LogP contribution is 2.19. The van der Waals surface area contributed by atoms with Gasteiger partial charge in [0.2, 0.25) is 5.88 Å². The van der Waals surface area contributed by atoms with Crippen LogP contribution in [-0.4, -0.2) is 28.2 Å². The van der Waals surface area contributed by atoms with Crippen molar-refractivity contribution in [3.63, 3.8) is 0 Å². The lowest BCUT2D eigenvalue weighted by Crippen LogP contribution is -2.03. The van der Waals surface area contributed by atoms with Gasteiger partial charge in [-0.25, -0.2) is 9.97 Å². The Bertz CT molecular complexity index is 519. The van der Waals surface area contributed by atoms with Crippen LogP contribution in [0.15, 0.2) is 24.5 Å². The summed E-state index contributed by atoms with van der Waals surface area (Å²) in [7, 11) is 1.61. The normalized spacial score (nSPS) is 10.7. The average molecular weight is 260 g/mol. The number of unbranched alkanes of at least 4 members (excludes halogenated alkanes) is 1. The lowest BCUT2D eigenvalue weighted by Gasteiger charge is -2.02. The monoisotopic (exact) mass is 260 g/mol. The van der Waals surface area contributed by atoms with Gasteiger partial charge in [-0.3, -0.25) is 0 Å². The summed E-state index contributed by atoms with van der Waals surface area (Å²) in [6, 6.07) is 3.82. The molecule has 0 aromatic carbocycles. The van der Waals surface area contributed by atoms with E-state index in [0.717, 1.165) is 43.0 Å². The molecule has 0 fully saturated rings. The van der Waals surface area contributed by atoms with Crippen molar-refractivity contribution in [1.29, 1.82) is 0 Å². The molecule has 102 valence electrons. The molecule has 0 aliphatic heterocycles. The molecule has 0 amide bonds. The van der Waals surface area contributed by atoms with Gasteiger partial charge in [0.05, 0.1) is 12.8 Å². The fourth-order valence-corrected chi connectivity index (χ4v) is 1.95. The molecule has 0 bridgehead atoms. The predicted octanol–water partition coefficient (Wildman–Crippen LogP) is 2.00. The maximum atomic E-state index is 5.51. The molecule has 0 aliphatic carbocycles. The van der Waals surface area contributed by atoms with E-state index in [0.29, 0.717) is 5.88 Å². The van der Waals surface area contributed by atoms with Crippen molar-refractivity contribution in [1.82, 2.24) is 14.5 Å². The van der Waals surface area contributed by atoms with Crippen LogP contribution in [0.3, 0.4) is 0 Å². The van der Waals surface area contributed by atoms with Crippen LogP contribution in [0.4, 0.5) is 0 Å². The molecule has 0 aliphatic rings. The van der Waals surface area contributed by atoms with Crippen LogP contribution in [0.2, 0.25) is 0 Å². The number of pyridine rings is 1. The molecule has 2 heterocycles. The van der Waals surface area contributed by atoms with Crippen molar-refractivity contribution >= 4 is 0 Å². The molecule has 2 aromatic rings. The number of hydrogen-bond acceptors (Lipinski definition) is 4. The van der Waals surface area contributed by atoms with Crippen molar-refractivity contribution in [2.24, 2.45) is 5.73 Å². The van der Waals surface area contributed by atoms with E-state index in [2.05, 4.69) is 20.7 Å². The SMILES string of the molecule is COc1ccc(-c2cn(CCCCN)c(C)n2)cn1. The van der Waals surface area contributed by atoms with Gasteiger partial charge in [-0.05, 0) is 32.4 Å². The van der Waals surface area contributed by atoms with E-state index >= 15 is 0 Å². The quantitative estimate of drug-likeness (QED) is 0.807. The molecule has 0 radical (unpaired) electrons. The molecule has 2 rings (SSSR count). The van der Waals surface area contributed by atoms with E-state index in [4.69, 9.17) is 10.5 Å². The third-order valence-electron chi connectivity index (χ3n) is 3.07. The molecule has 0 atom stereocenters. The Morgan fingerprint density at radius 3 is 2.79 bits per heavy atom. The van der Waals surface area contributed by atoms with E-state index in [1.165, 1.54) is 0 Å². The summed E-state index contributed by atoms with van der Waals surface area (Å²) in [5.41, 5.74) is 7.46. The summed E-state index contributed by atoms with van der Waals surface area (Å²) in [4.78, 5) is 8.77. The number of hydrogen-bond donors (Lipinski definition) is 1. The highest BCUT2D eigenvalue weighted by molar-refractivity contribution is 5.57. The average Bonchev–Trinajstić information content (AvgIpc) is 2.81. The highest BCUT2D eigenvalue weighted by atomic mass is 16.5. The largest absolute Gasteiger partial charge is 0.481 e. The van der Waals surface area contributed by atoms with Crippen LogP contribution < -0.4 is 10.5 Å². The van der Waals surface area contributed by atoms with E-state index < -0.39 is 0 Å². The first-order valence-electron chi connectivity index (χ1n) is 6.49. The summed E-state index contributed by atoms with van der Waals surface area (Å²) < 4.78 is 7.21. The van der Waals surface area contributed by atoms with Gasteiger partial charge in [0.15, 0.2) is 0 Å². The fourth-order valence-electron chi connectivity index (χ4n) is 1.95. The van der Waals surface area contributed by atoms with Crippen LogP contribution in [0.5, 0.6) is 5.88 Å². The molecule has 0 saturated carbocycles. The molecule has 5 nitrogen and oxygen atoms in total. The molecule has 5 heteroatoms. The number of rotatable bonds is 6. The molecule has 0 spiro atoms. The number of nitrogens with two attached hydrogens (primary N) is 1. The van der Waals surface area contributed by atoms with Gasteiger partial charge in [0.25, 0.3) is 0 Å². The molecular weight excluding hydrogens is 240 g/mol. The van der Waals surface area contributed by atoms with Crippen molar-refractivity contribution in [3.05, 3.63) is 30.4 Å². The second-order valence-electron chi connectivity index (χ2n) is 4.45. The van der Waals surface area contributed by atoms with Crippen LogP contribution in [0.25, 0.3) is 11.3 Å². The van der Waals surface area contributed by atoms with Crippen LogP contribution in [0, 0.1) is 6.92 Å². The Morgan fingerprint density at radius 2 is 2.16 bits per heavy atom. The predicted molar refractivity (Wildman–Crippen MR) is 75.0 cm³/mol. The standard InChI is InChI=1S/C14H20N4O/c1-11-17-13(10-18(11)8-4-3-7-15)12-5-6-14(19-2)16-9-12/h5-6,9-10H,3-4,7-8,15H2,1-2H3. The van der Waals surface area contributed by atoms with Crippen molar-refractivity contribution in [2.45, 2.75) is 26.3 Å². The summed E-state index contributed by atoms with van der Waals surface area (Å²) in [6.07, 6.45) is 5.96. The molecule has 2 aromatic heterocycles. The first kappa shape index (κ1) is 13.5. The second-order valence-corrected chi connectivity index (χ2v) is 4.45. The minimum Gasteiger partial charge on any atom is -0.481 e. The van der Waals surface area contributed by atoms with Gasteiger partial charge >= 0.3 is 0 Å². The smallest absolute Gasteiger partial charge is 0.212 e. The molecule has 0 unspecified atom stereocenters. The Morgan fingerprint density at radius 1 is 1.32 bits per heavy atom. The van der Waals surface area contributed by atoms with Gasteiger partial charge < -0.3 is 15.0 Å². The minimum absolute atomic E-state index is 0.614. The molecule has 0 saturated heterocycles. The number of ether oxygens (including phenoxy) is 1. The summed E-state index contributed by atoms with van der Waals surface area (Å²) in [6.45, 7) is 3.71. The molecule has 19 heavy (non-hydrogen) atoms. The van der Waals surface area contributed by atoms with Crippen molar-refractivity contribution in [3.8, 4) is 17.1 Å². The van der Waals surface area contributed by atoms with E-state index in [-0.39, 0.29) is 0 Å². The third-order valence-corrected chi connectivity index (χ3v) is 3.07. The number of aryl methyl sites for hydroxylation is 2. The highest BCUT2D eigenvalue weighted by Gasteiger charge is 2.06. The first-order chi connectivity index (χ1) is 9.24. The van der Waals surface area contributed by atoms with Gasteiger partial charge in [-0.1, -0.05) is 0 Å². The number of methoxy groups -OCH3 is 1. The Labute approximate surface area is 113 Å². The van der Waals surface area contributed by atoms with Crippen LogP contribution in [0.1, 0.15) is 18.7 Å². The maximum Gasteiger partial charge on any atom is 0.212 e. The third kappa shape index (κ3) is 3.32. The lowest BCUT2D eigenvalue weighted by molar-refractivity contribution is 0.398. The van der Waals surface area contributed by atoms with Crippen molar-refractivity contribution < 1.29 is 4.74 Å². The second kappa shape index (κ2) is 6.33. The Hall–Kier alpha value is -1.88. The first-order valence-corrected chi connectivity index (χ1v) is 6.49. The van der Waals surface area contributed by atoms with Gasteiger partial charge in [0.1, 0.15) is 5.82 Å². The topological polar surface area (TPSA) is 66.0 Å². The minimum atomic E-state index is 0.614. The van der Waals surface area contributed by atoms with Crippen LogP contribution >= 0.6 is 0 Å². The number of aromatic nitrogens is 3. The van der Waals surface area contributed by atoms with Gasteiger partial charge in [0, 0.05) is 30.6 Å². The summed E-state index contributed by atoms with van der Waals surface area (Å²) >= 11 is 0. The summed E-state index contributed by atoms with van der Waals surface area (Å²) in [5.74, 6) is 1.63. The maximum absolute atomic E-state index is 5.51. The Balaban J connectivity index is 2.13. The van der Waals surface area contributed by atoms with Gasteiger partial charge in [-0.2, -0.15) is 0 Å².